The molecule has 0 spiro atoms. The van der Waals surface area contributed by atoms with Gasteiger partial charge in [-0.05, 0) is 19.4 Å². The Kier molecular flexibility index (Phi) is 6.11. The number of nitrogens with two attached hydrogens (primary N) is 2. The van der Waals surface area contributed by atoms with Crippen LogP contribution in [0.4, 0.5) is 0 Å². The molecule has 0 radical (unpaired) electrons. The molecule has 1 aromatic carbocycles. The van der Waals surface area contributed by atoms with Crippen molar-refractivity contribution in [2.75, 3.05) is 6.54 Å². The lowest BCUT2D eigenvalue weighted by Gasteiger charge is -2.44. The second kappa shape index (κ2) is 8.46. The van der Waals surface area contributed by atoms with Crippen molar-refractivity contribution in [3.8, 4) is 0 Å². The molecule has 2 unspecified atom stereocenters. The number of hydrogen-bond donors (Lipinski definition) is 5. The van der Waals surface area contributed by atoms with Gasteiger partial charge in [-0.25, -0.2) is 9.79 Å². The first-order valence-corrected chi connectivity index (χ1v) is 10.3. The number of nitrogens with zero attached hydrogens (tertiary/aromatic N) is 2. The number of rotatable bonds is 7. The molecule has 31 heavy (non-hydrogen) atoms. The third kappa shape index (κ3) is 4.43. The summed E-state index contributed by atoms with van der Waals surface area (Å²) in [6.07, 6.45) is 0. The molecule has 0 bridgehead atoms. The predicted molar refractivity (Wildman–Crippen MR) is 114 cm³/mol. The molecule has 7 N–H and O–H groups in total. The number of aliphatic imine (C=N–C) groups is 1. The molecule has 3 amide bonds. The fourth-order valence-electron chi connectivity index (χ4n) is 3.70. The number of amides is 3. The number of thioether (sulfide) groups is 1. The molecule has 4 atom stereocenters. The summed E-state index contributed by atoms with van der Waals surface area (Å²) in [7, 11) is 0. The predicted octanol–water partition coefficient (Wildman–Crippen LogP) is -1.25. The number of β-lactam (4-membered cyclic amide) rings is 1. The highest BCUT2D eigenvalue weighted by Crippen LogP contribution is 2.50. The molecular formula is C19H24N6O5S. The molecular weight excluding hydrogens is 424 g/mol. The number of nitrogens with one attached hydrogen (secondary N) is 2. The van der Waals surface area contributed by atoms with E-state index in [4.69, 9.17) is 11.5 Å². The summed E-state index contributed by atoms with van der Waals surface area (Å²) in [4.78, 5) is 54.4. The first-order chi connectivity index (χ1) is 14.5. The Morgan fingerprint density at radius 2 is 1.90 bits per heavy atom. The molecule has 2 fully saturated rings. The van der Waals surface area contributed by atoms with E-state index in [2.05, 4.69) is 15.6 Å². The monoisotopic (exact) mass is 448 g/mol. The van der Waals surface area contributed by atoms with Gasteiger partial charge in [-0.3, -0.25) is 14.4 Å². The van der Waals surface area contributed by atoms with Crippen LogP contribution in [0.2, 0.25) is 0 Å². The van der Waals surface area contributed by atoms with Gasteiger partial charge < -0.3 is 32.1 Å². The molecule has 2 aliphatic rings. The van der Waals surface area contributed by atoms with Crippen molar-refractivity contribution in [3.63, 3.8) is 0 Å². The smallest absolute Gasteiger partial charge is 0.327 e. The van der Waals surface area contributed by atoms with Crippen molar-refractivity contribution < 1.29 is 24.3 Å². The Balaban J connectivity index is 1.76. The first kappa shape index (κ1) is 22.4. The minimum atomic E-state index is -1.09. The lowest BCUT2D eigenvalue weighted by atomic mass is 9.95. The average molecular weight is 449 g/mol. The molecule has 2 saturated heterocycles. The van der Waals surface area contributed by atoms with Gasteiger partial charge in [0, 0.05) is 4.75 Å². The molecule has 0 aromatic heterocycles. The van der Waals surface area contributed by atoms with E-state index in [1.165, 1.54) is 16.7 Å². The van der Waals surface area contributed by atoms with E-state index in [-0.39, 0.29) is 12.5 Å². The lowest BCUT2D eigenvalue weighted by Crippen LogP contribution is -2.71. The minimum Gasteiger partial charge on any atom is -0.480 e. The molecule has 166 valence electrons. The number of carboxylic acid groups (broad SMARTS) is 1. The van der Waals surface area contributed by atoms with Gasteiger partial charge in [0.25, 0.3) is 0 Å². The van der Waals surface area contributed by atoms with Crippen LogP contribution in [-0.2, 0) is 19.2 Å². The Labute approximate surface area is 182 Å². The number of carbonyl (C=O) groups is 4. The van der Waals surface area contributed by atoms with Crippen molar-refractivity contribution >= 4 is 41.4 Å². The third-order valence-electron chi connectivity index (χ3n) is 5.08. The fourth-order valence-corrected chi connectivity index (χ4v) is 5.32. The van der Waals surface area contributed by atoms with Crippen LogP contribution in [0.15, 0.2) is 35.3 Å². The minimum absolute atomic E-state index is 0.259. The van der Waals surface area contributed by atoms with Gasteiger partial charge >= 0.3 is 5.97 Å². The highest BCUT2D eigenvalue weighted by atomic mass is 32.2. The zero-order valence-corrected chi connectivity index (χ0v) is 17.8. The first-order valence-electron chi connectivity index (χ1n) is 9.46. The number of benzene rings is 1. The fraction of sp³-hybridized carbons (Fsp3) is 0.421. The van der Waals surface area contributed by atoms with Crippen molar-refractivity contribution in [2.45, 2.75) is 42.1 Å². The van der Waals surface area contributed by atoms with E-state index >= 15 is 0 Å². The number of guanidine groups is 1. The van der Waals surface area contributed by atoms with E-state index in [0.29, 0.717) is 5.56 Å². The standard InChI is InChI=1S/C19H24N6O5S/c1-19(2)13(17(29)30)25-15(28)12(16(25)31-19)24-14(27)11(9-6-4-3-5-7-9)23-10(26)8-22-18(20)21/h3-7,11-13,16H,8H2,1-2H3,(H,23,26)(H,24,27)(H,29,30)(H4,20,21,22)/t11?,12?,13-,16+/m0/s1. The van der Waals surface area contributed by atoms with Crippen molar-refractivity contribution in [3.05, 3.63) is 35.9 Å². The molecule has 0 aliphatic carbocycles. The summed E-state index contributed by atoms with van der Waals surface area (Å²) < 4.78 is -0.709. The number of carboxylic acids is 1. The van der Waals surface area contributed by atoms with Crippen LogP contribution in [0.5, 0.6) is 0 Å². The topological polar surface area (TPSA) is 180 Å². The van der Waals surface area contributed by atoms with E-state index in [1.807, 2.05) is 0 Å². The highest BCUT2D eigenvalue weighted by molar-refractivity contribution is 8.01. The quantitative estimate of drug-likeness (QED) is 0.195. The maximum Gasteiger partial charge on any atom is 0.327 e. The number of carbonyl (C=O) groups excluding carboxylic acids is 3. The van der Waals surface area contributed by atoms with Crippen LogP contribution in [0, 0.1) is 0 Å². The number of hydrogen-bond acceptors (Lipinski definition) is 6. The van der Waals surface area contributed by atoms with Gasteiger partial charge in [0.2, 0.25) is 17.7 Å². The third-order valence-corrected chi connectivity index (χ3v) is 6.65. The summed E-state index contributed by atoms with van der Waals surface area (Å²) in [5.74, 6) is -3.00. The second-order valence-electron chi connectivity index (χ2n) is 7.74. The largest absolute Gasteiger partial charge is 0.480 e. The molecule has 2 heterocycles. The Morgan fingerprint density at radius 3 is 2.48 bits per heavy atom. The van der Waals surface area contributed by atoms with Crippen molar-refractivity contribution in [1.82, 2.24) is 15.5 Å². The molecule has 2 aliphatic heterocycles. The summed E-state index contributed by atoms with van der Waals surface area (Å²) >= 11 is 1.32. The van der Waals surface area contributed by atoms with Crippen LogP contribution in [0.3, 0.4) is 0 Å². The molecule has 3 rings (SSSR count). The van der Waals surface area contributed by atoms with Crippen molar-refractivity contribution in [1.29, 1.82) is 0 Å². The van der Waals surface area contributed by atoms with Crippen LogP contribution in [0.1, 0.15) is 25.5 Å². The van der Waals surface area contributed by atoms with E-state index in [1.54, 1.807) is 44.2 Å². The van der Waals surface area contributed by atoms with Gasteiger partial charge in [-0.15, -0.1) is 11.8 Å². The van der Waals surface area contributed by atoms with Crippen LogP contribution < -0.4 is 22.1 Å². The van der Waals surface area contributed by atoms with Crippen LogP contribution >= 0.6 is 11.8 Å². The Bertz CT molecular complexity index is 933. The van der Waals surface area contributed by atoms with Gasteiger partial charge in [0.05, 0.1) is 0 Å². The SMILES string of the molecule is CC1(C)S[C@@H]2C(NC(=O)C(NC(=O)CN=C(N)N)c3ccccc3)C(=O)N2[C@H]1C(=O)O. The summed E-state index contributed by atoms with van der Waals surface area (Å²) in [5, 5.41) is 14.2. The Hall–Kier alpha value is -3.28. The number of aliphatic carboxylic acids is 1. The maximum atomic E-state index is 13.0. The van der Waals surface area contributed by atoms with Gasteiger partial charge in [-0.1, -0.05) is 30.3 Å². The van der Waals surface area contributed by atoms with Gasteiger partial charge in [0.15, 0.2) is 5.96 Å². The highest BCUT2D eigenvalue weighted by Gasteiger charge is 2.64. The molecule has 12 heteroatoms. The van der Waals surface area contributed by atoms with E-state index in [9.17, 15) is 24.3 Å². The normalized spacial score (nSPS) is 24.4. The summed E-state index contributed by atoms with van der Waals surface area (Å²) in [6, 6.07) is 5.55. The Morgan fingerprint density at radius 1 is 1.26 bits per heavy atom. The summed E-state index contributed by atoms with van der Waals surface area (Å²) in [6.45, 7) is 3.14. The maximum absolute atomic E-state index is 13.0. The van der Waals surface area contributed by atoms with E-state index in [0.717, 1.165) is 0 Å². The zero-order chi connectivity index (χ0) is 22.9. The van der Waals surface area contributed by atoms with Crippen LogP contribution in [0.25, 0.3) is 0 Å². The lowest BCUT2D eigenvalue weighted by molar-refractivity contribution is -0.161. The second-order valence-corrected chi connectivity index (χ2v) is 9.51. The molecule has 1 aromatic rings. The molecule has 11 nitrogen and oxygen atoms in total. The van der Waals surface area contributed by atoms with Gasteiger partial charge in [-0.2, -0.15) is 0 Å². The van der Waals surface area contributed by atoms with Crippen LogP contribution in [-0.4, -0.2) is 68.4 Å². The average Bonchev–Trinajstić information content (AvgIpc) is 2.97. The summed E-state index contributed by atoms with van der Waals surface area (Å²) in [5.41, 5.74) is 11.0. The van der Waals surface area contributed by atoms with Crippen molar-refractivity contribution in [2.24, 2.45) is 16.5 Å². The zero-order valence-electron chi connectivity index (χ0n) is 16.9. The number of fused-ring (bicyclic) bond motifs is 1. The molecule has 0 saturated carbocycles. The van der Waals surface area contributed by atoms with E-state index < -0.39 is 51.9 Å². The van der Waals surface area contributed by atoms with Gasteiger partial charge in [0.1, 0.15) is 30.0 Å².